The van der Waals surface area contributed by atoms with Crippen LogP contribution in [0.4, 0.5) is 0 Å². The quantitative estimate of drug-likeness (QED) is 0.118. The van der Waals surface area contributed by atoms with Crippen molar-refractivity contribution >= 4 is 12.3 Å². The number of nitrogens with two attached hydrogens (primary N) is 1. The summed E-state index contributed by atoms with van der Waals surface area (Å²) in [4.78, 5) is 9.04. The second kappa shape index (κ2) is 11.0. The Morgan fingerprint density at radius 2 is 2.00 bits per heavy atom. The number of hydrazine groups is 1. The van der Waals surface area contributed by atoms with E-state index in [-0.39, 0.29) is 6.17 Å². The second-order valence-electron chi connectivity index (χ2n) is 5.07. The average molecular weight is 313 g/mol. The van der Waals surface area contributed by atoms with Gasteiger partial charge in [-0.25, -0.2) is 11.4 Å². The molecule has 128 valence electrons. The molecule has 0 spiro atoms. The number of guanidine groups is 1. The molecule has 1 aliphatic rings. The first-order valence-electron chi connectivity index (χ1n) is 7.85. The molecule has 0 aromatic heterocycles. The normalized spacial score (nSPS) is 17.9. The van der Waals surface area contributed by atoms with Crippen molar-refractivity contribution in [2.24, 2.45) is 15.9 Å². The highest BCUT2D eigenvalue weighted by Crippen LogP contribution is 2.01. The van der Waals surface area contributed by atoms with E-state index in [0.29, 0.717) is 0 Å². The first-order valence-corrected chi connectivity index (χ1v) is 7.85. The van der Waals surface area contributed by atoms with E-state index in [1.54, 1.807) is 6.34 Å². The van der Waals surface area contributed by atoms with Gasteiger partial charge in [-0.3, -0.25) is 4.99 Å². The third-order valence-electron chi connectivity index (χ3n) is 3.55. The SMILES string of the molecule is CCN=C(NC(CCNC)NC)N1CCN(C=NNN)CC1. The fraction of sp³-hybridized carbons (Fsp3) is 0.846. The van der Waals surface area contributed by atoms with Crippen molar-refractivity contribution in [1.82, 2.24) is 31.3 Å². The molecule has 0 bridgehead atoms. The van der Waals surface area contributed by atoms with Crippen molar-refractivity contribution in [1.29, 1.82) is 0 Å². The Morgan fingerprint density at radius 1 is 1.27 bits per heavy atom. The van der Waals surface area contributed by atoms with Gasteiger partial charge in [0.25, 0.3) is 0 Å². The predicted octanol–water partition coefficient (Wildman–Crippen LogP) is -1.87. The van der Waals surface area contributed by atoms with Gasteiger partial charge >= 0.3 is 0 Å². The number of rotatable bonds is 8. The maximum Gasteiger partial charge on any atom is 0.195 e. The van der Waals surface area contributed by atoms with Gasteiger partial charge in [0.05, 0.1) is 6.17 Å². The molecule has 0 saturated carbocycles. The van der Waals surface area contributed by atoms with Gasteiger partial charge in [0.1, 0.15) is 6.34 Å². The summed E-state index contributed by atoms with van der Waals surface area (Å²) in [5.41, 5.74) is 2.29. The van der Waals surface area contributed by atoms with E-state index in [1.165, 1.54) is 0 Å². The highest BCUT2D eigenvalue weighted by molar-refractivity contribution is 5.80. The summed E-state index contributed by atoms with van der Waals surface area (Å²) in [5, 5.41) is 13.8. The number of hydrazone groups is 1. The molecule has 1 saturated heterocycles. The zero-order chi connectivity index (χ0) is 16.2. The summed E-state index contributed by atoms with van der Waals surface area (Å²) in [6, 6.07) is 0. The standard InChI is InChI=1S/C13H31N9/c1-4-17-13(19-12(16-3)5-6-15-2)22-9-7-21(8-10-22)11-18-20-14/h11-12,15-16,20H,4-10,14H2,1-3H3,(H,17,19). The molecule has 0 aromatic carbocycles. The molecular formula is C13H31N9. The van der Waals surface area contributed by atoms with Gasteiger partial charge in [-0.05, 0) is 34.0 Å². The van der Waals surface area contributed by atoms with Gasteiger partial charge in [0.15, 0.2) is 5.96 Å². The zero-order valence-corrected chi connectivity index (χ0v) is 14.0. The Bertz CT molecular complexity index is 336. The smallest absolute Gasteiger partial charge is 0.195 e. The molecule has 0 radical (unpaired) electrons. The molecule has 1 rings (SSSR count). The van der Waals surface area contributed by atoms with Crippen LogP contribution in [-0.2, 0) is 0 Å². The van der Waals surface area contributed by atoms with Gasteiger partial charge in [-0.15, -0.1) is 0 Å². The van der Waals surface area contributed by atoms with Crippen LogP contribution in [0.2, 0.25) is 0 Å². The number of aliphatic imine (C=N–C) groups is 1. The van der Waals surface area contributed by atoms with Gasteiger partial charge in [0, 0.05) is 32.7 Å². The van der Waals surface area contributed by atoms with Gasteiger partial charge in [-0.2, -0.15) is 5.10 Å². The number of nitrogens with zero attached hydrogens (tertiary/aromatic N) is 4. The first-order chi connectivity index (χ1) is 10.7. The third kappa shape index (κ3) is 6.46. The summed E-state index contributed by atoms with van der Waals surface area (Å²) < 4.78 is 0. The van der Waals surface area contributed by atoms with E-state index in [2.05, 4.69) is 48.3 Å². The maximum absolute atomic E-state index is 5.14. The third-order valence-corrected chi connectivity index (χ3v) is 3.55. The molecule has 0 aromatic rings. The highest BCUT2D eigenvalue weighted by Gasteiger charge is 2.20. The number of piperazine rings is 1. The topological polar surface area (TPSA) is 105 Å². The summed E-state index contributed by atoms with van der Waals surface area (Å²) in [6.07, 6.45) is 2.94. The molecule has 0 amide bonds. The average Bonchev–Trinajstić information content (AvgIpc) is 2.56. The van der Waals surface area contributed by atoms with Crippen molar-refractivity contribution in [2.75, 3.05) is 53.4 Å². The van der Waals surface area contributed by atoms with Crippen LogP contribution in [0, 0.1) is 0 Å². The molecule has 0 aliphatic carbocycles. The van der Waals surface area contributed by atoms with E-state index in [4.69, 9.17) is 5.84 Å². The van der Waals surface area contributed by atoms with Crippen LogP contribution in [0.15, 0.2) is 10.1 Å². The number of hydrogen-bond acceptors (Lipinski definition) is 6. The molecule has 6 N–H and O–H groups in total. The Kier molecular flexibility index (Phi) is 9.28. The molecular weight excluding hydrogens is 282 g/mol. The van der Waals surface area contributed by atoms with Crippen LogP contribution in [0.1, 0.15) is 13.3 Å². The van der Waals surface area contributed by atoms with Crippen molar-refractivity contribution < 1.29 is 0 Å². The summed E-state index contributed by atoms with van der Waals surface area (Å²) in [7, 11) is 3.93. The highest BCUT2D eigenvalue weighted by atomic mass is 15.5. The van der Waals surface area contributed by atoms with Crippen molar-refractivity contribution in [3.8, 4) is 0 Å². The fourth-order valence-electron chi connectivity index (χ4n) is 2.28. The monoisotopic (exact) mass is 313 g/mol. The maximum atomic E-state index is 5.14. The molecule has 9 heteroatoms. The Balaban J connectivity index is 2.53. The molecule has 1 unspecified atom stereocenters. The molecule has 1 fully saturated rings. The molecule has 9 nitrogen and oxygen atoms in total. The van der Waals surface area contributed by atoms with Crippen molar-refractivity contribution in [3.05, 3.63) is 0 Å². The van der Waals surface area contributed by atoms with Crippen LogP contribution < -0.4 is 27.3 Å². The summed E-state index contributed by atoms with van der Waals surface area (Å²) >= 11 is 0. The fourth-order valence-corrected chi connectivity index (χ4v) is 2.28. The van der Waals surface area contributed by atoms with Crippen LogP contribution in [0.5, 0.6) is 0 Å². The molecule has 22 heavy (non-hydrogen) atoms. The molecule has 1 heterocycles. The van der Waals surface area contributed by atoms with Gasteiger partial charge < -0.3 is 25.8 Å². The van der Waals surface area contributed by atoms with Gasteiger partial charge in [-0.1, -0.05) is 0 Å². The Morgan fingerprint density at radius 3 is 2.55 bits per heavy atom. The summed E-state index contributed by atoms with van der Waals surface area (Å²) in [6.45, 7) is 7.39. The minimum Gasteiger partial charge on any atom is -0.358 e. The lowest BCUT2D eigenvalue weighted by Gasteiger charge is -2.36. The molecule has 1 aliphatic heterocycles. The Labute approximate surface area is 133 Å². The van der Waals surface area contributed by atoms with E-state index < -0.39 is 0 Å². The lowest BCUT2D eigenvalue weighted by molar-refractivity contribution is 0.253. The van der Waals surface area contributed by atoms with E-state index in [1.807, 2.05) is 14.1 Å². The van der Waals surface area contributed by atoms with Gasteiger partial charge in [0.2, 0.25) is 0 Å². The minimum atomic E-state index is 0.207. The molecule has 1 atom stereocenters. The van der Waals surface area contributed by atoms with Crippen molar-refractivity contribution in [3.63, 3.8) is 0 Å². The first kappa shape index (κ1) is 18.5. The lowest BCUT2D eigenvalue weighted by atomic mass is 10.3. The van der Waals surface area contributed by atoms with Crippen LogP contribution >= 0.6 is 0 Å². The second-order valence-corrected chi connectivity index (χ2v) is 5.07. The van der Waals surface area contributed by atoms with E-state index >= 15 is 0 Å². The predicted molar refractivity (Wildman–Crippen MR) is 91.5 cm³/mol. The number of nitrogens with one attached hydrogen (secondary N) is 4. The summed E-state index contributed by atoms with van der Waals surface area (Å²) in [5.74, 6) is 6.11. The minimum absolute atomic E-state index is 0.207. The zero-order valence-electron chi connectivity index (χ0n) is 14.0. The Hall–Kier alpha value is -1.58. The largest absolute Gasteiger partial charge is 0.358 e. The van der Waals surface area contributed by atoms with E-state index in [9.17, 15) is 0 Å². The van der Waals surface area contributed by atoms with Crippen LogP contribution in [0.25, 0.3) is 0 Å². The van der Waals surface area contributed by atoms with Crippen LogP contribution in [0.3, 0.4) is 0 Å². The van der Waals surface area contributed by atoms with Crippen LogP contribution in [-0.4, -0.2) is 81.6 Å². The number of hydrogen-bond donors (Lipinski definition) is 5. The van der Waals surface area contributed by atoms with E-state index in [0.717, 1.165) is 51.6 Å². The lowest BCUT2D eigenvalue weighted by Crippen LogP contribution is -2.56. The van der Waals surface area contributed by atoms with Crippen molar-refractivity contribution in [2.45, 2.75) is 19.5 Å².